The molecule has 0 spiro atoms. The largest absolute Gasteiger partial charge is 0.379 e. The molecule has 1 heterocycles. The Labute approximate surface area is 149 Å². The van der Waals surface area contributed by atoms with Gasteiger partial charge in [0.15, 0.2) is 0 Å². The van der Waals surface area contributed by atoms with Crippen molar-refractivity contribution < 1.29 is 9.53 Å². The van der Waals surface area contributed by atoms with Crippen molar-refractivity contribution in [1.29, 1.82) is 0 Å². The van der Waals surface area contributed by atoms with Gasteiger partial charge >= 0.3 is 0 Å². The van der Waals surface area contributed by atoms with Gasteiger partial charge < -0.3 is 10.1 Å². The van der Waals surface area contributed by atoms with E-state index in [4.69, 9.17) is 4.74 Å². The second-order valence-electron chi connectivity index (χ2n) is 6.69. The quantitative estimate of drug-likeness (QED) is 0.909. The fourth-order valence-electron chi connectivity index (χ4n) is 3.10. The van der Waals surface area contributed by atoms with Crippen LogP contribution in [-0.4, -0.2) is 37.1 Å². The number of anilines is 1. The van der Waals surface area contributed by atoms with Crippen molar-refractivity contribution in [2.75, 3.05) is 31.6 Å². The third kappa shape index (κ3) is 4.91. The van der Waals surface area contributed by atoms with E-state index in [0.717, 1.165) is 55.2 Å². The number of ether oxygens (including phenoxy) is 1. The molecule has 4 nitrogen and oxygen atoms in total. The van der Waals surface area contributed by atoms with E-state index in [1.807, 2.05) is 38.1 Å². The summed E-state index contributed by atoms with van der Waals surface area (Å²) in [7, 11) is 0. The molecule has 2 aromatic rings. The summed E-state index contributed by atoms with van der Waals surface area (Å²) in [6, 6.07) is 14.3. The van der Waals surface area contributed by atoms with E-state index in [0.29, 0.717) is 6.42 Å². The number of carbonyl (C=O) groups excluding carboxylic acids is 1. The van der Waals surface area contributed by atoms with E-state index in [2.05, 4.69) is 28.4 Å². The topological polar surface area (TPSA) is 41.6 Å². The molecule has 2 aromatic carbocycles. The van der Waals surface area contributed by atoms with E-state index in [9.17, 15) is 4.79 Å². The molecular formula is C21H26N2O2. The molecule has 25 heavy (non-hydrogen) atoms. The van der Waals surface area contributed by atoms with Gasteiger partial charge in [0.2, 0.25) is 5.91 Å². The Morgan fingerprint density at radius 3 is 2.60 bits per heavy atom. The van der Waals surface area contributed by atoms with Gasteiger partial charge in [0.1, 0.15) is 0 Å². The van der Waals surface area contributed by atoms with Gasteiger partial charge in [-0.2, -0.15) is 0 Å². The van der Waals surface area contributed by atoms with Crippen molar-refractivity contribution in [2.45, 2.75) is 26.8 Å². The Morgan fingerprint density at radius 2 is 1.84 bits per heavy atom. The molecular weight excluding hydrogens is 312 g/mol. The zero-order valence-corrected chi connectivity index (χ0v) is 15.0. The third-order valence-electron chi connectivity index (χ3n) is 4.70. The summed E-state index contributed by atoms with van der Waals surface area (Å²) in [4.78, 5) is 14.8. The molecule has 1 amide bonds. The van der Waals surface area contributed by atoms with Crippen molar-refractivity contribution in [3.63, 3.8) is 0 Å². The van der Waals surface area contributed by atoms with Gasteiger partial charge in [0.25, 0.3) is 0 Å². The van der Waals surface area contributed by atoms with Crippen LogP contribution in [0.1, 0.15) is 22.3 Å². The molecule has 1 saturated heterocycles. The first-order valence-electron chi connectivity index (χ1n) is 8.86. The van der Waals surface area contributed by atoms with Crippen molar-refractivity contribution in [2.24, 2.45) is 0 Å². The normalized spacial score (nSPS) is 15.1. The van der Waals surface area contributed by atoms with Crippen molar-refractivity contribution >= 4 is 11.6 Å². The van der Waals surface area contributed by atoms with E-state index in [1.165, 1.54) is 5.56 Å². The van der Waals surface area contributed by atoms with Crippen LogP contribution in [0, 0.1) is 13.8 Å². The molecule has 0 radical (unpaired) electrons. The Hall–Kier alpha value is -2.17. The van der Waals surface area contributed by atoms with Crippen LogP contribution >= 0.6 is 0 Å². The maximum atomic E-state index is 12.4. The predicted molar refractivity (Wildman–Crippen MR) is 101 cm³/mol. The lowest BCUT2D eigenvalue weighted by molar-refractivity contribution is -0.115. The molecule has 132 valence electrons. The van der Waals surface area contributed by atoms with E-state index >= 15 is 0 Å². The second kappa shape index (κ2) is 8.28. The molecule has 1 N–H and O–H groups in total. The van der Waals surface area contributed by atoms with Gasteiger partial charge in [-0.15, -0.1) is 0 Å². The van der Waals surface area contributed by atoms with E-state index < -0.39 is 0 Å². The first-order chi connectivity index (χ1) is 12.1. The molecule has 1 aliphatic rings. The van der Waals surface area contributed by atoms with Gasteiger partial charge in [-0.25, -0.2) is 0 Å². The maximum absolute atomic E-state index is 12.4. The lowest BCUT2D eigenvalue weighted by Crippen LogP contribution is -2.35. The molecule has 0 unspecified atom stereocenters. The van der Waals surface area contributed by atoms with Crippen molar-refractivity contribution in [1.82, 2.24) is 4.90 Å². The number of morpholine rings is 1. The molecule has 0 saturated carbocycles. The number of hydrogen-bond donors (Lipinski definition) is 1. The maximum Gasteiger partial charge on any atom is 0.228 e. The highest BCUT2D eigenvalue weighted by atomic mass is 16.5. The van der Waals surface area contributed by atoms with E-state index in [-0.39, 0.29) is 5.91 Å². The molecule has 0 bridgehead atoms. The Balaban J connectivity index is 1.65. The highest BCUT2D eigenvalue weighted by Gasteiger charge is 2.12. The monoisotopic (exact) mass is 338 g/mol. The predicted octanol–water partition coefficient (Wildman–Crippen LogP) is 3.32. The summed E-state index contributed by atoms with van der Waals surface area (Å²) >= 11 is 0. The van der Waals surface area contributed by atoms with Crippen molar-refractivity contribution in [3.05, 3.63) is 64.7 Å². The van der Waals surface area contributed by atoms with Crippen LogP contribution in [0.2, 0.25) is 0 Å². The van der Waals surface area contributed by atoms with Gasteiger partial charge in [-0.3, -0.25) is 9.69 Å². The Morgan fingerprint density at radius 1 is 1.08 bits per heavy atom. The van der Waals surface area contributed by atoms with Crippen LogP contribution in [0.4, 0.5) is 5.69 Å². The minimum atomic E-state index is 0.0286. The zero-order valence-electron chi connectivity index (χ0n) is 15.0. The summed E-state index contributed by atoms with van der Waals surface area (Å²) in [6.45, 7) is 8.48. The minimum absolute atomic E-state index is 0.0286. The van der Waals surface area contributed by atoms with Crippen LogP contribution in [-0.2, 0) is 22.5 Å². The van der Waals surface area contributed by atoms with Crippen LogP contribution in [0.15, 0.2) is 42.5 Å². The van der Waals surface area contributed by atoms with Gasteiger partial charge in [-0.1, -0.05) is 36.4 Å². The highest BCUT2D eigenvalue weighted by Crippen LogP contribution is 2.19. The highest BCUT2D eigenvalue weighted by molar-refractivity contribution is 5.93. The molecule has 3 rings (SSSR count). The zero-order chi connectivity index (χ0) is 17.6. The first kappa shape index (κ1) is 17.6. The SMILES string of the molecule is Cc1ccccc1CC(=O)Nc1cc(CN2CCOCC2)ccc1C. The first-order valence-corrected chi connectivity index (χ1v) is 8.86. The molecule has 0 aliphatic carbocycles. The van der Waals surface area contributed by atoms with Crippen LogP contribution in [0.3, 0.4) is 0 Å². The summed E-state index contributed by atoms with van der Waals surface area (Å²) in [6.07, 6.45) is 0.403. The average Bonchev–Trinajstić information content (AvgIpc) is 2.61. The summed E-state index contributed by atoms with van der Waals surface area (Å²) in [5.41, 5.74) is 5.43. The summed E-state index contributed by atoms with van der Waals surface area (Å²) < 4.78 is 5.40. The van der Waals surface area contributed by atoms with Gasteiger partial charge in [0, 0.05) is 25.3 Å². The second-order valence-corrected chi connectivity index (χ2v) is 6.69. The van der Waals surface area contributed by atoms with Gasteiger partial charge in [0.05, 0.1) is 19.6 Å². The Kier molecular flexibility index (Phi) is 5.84. The summed E-state index contributed by atoms with van der Waals surface area (Å²) in [5.74, 6) is 0.0286. The van der Waals surface area contributed by atoms with Crippen LogP contribution in [0.5, 0.6) is 0 Å². The number of amides is 1. The number of rotatable bonds is 5. The summed E-state index contributed by atoms with van der Waals surface area (Å²) in [5, 5.41) is 3.08. The number of benzene rings is 2. The molecule has 1 fully saturated rings. The molecule has 1 aliphatic heterocycles. The number of aryl methyl sites for hydroxylation is 2. The standard InChI is InChI=1S/C21H26N2O2/c1-16-5-3-4-6-19(16)14-21(24)22-20-13-18(8-7-17(20)2)15-23-9-11-25-12-10-23/h3-8,13H,9-12,14-15H2,1-2H3,(H,22,24). The van der Waals surface area contributed by atoms with Crippen molar-refractivity contribution in [3.8, 4) is 0 Å². The number of nitrogens with one attached hydrogen (secondary N) is 1. The third-order valence-corrected chi connectivity index (χ3v) is 4.70. The molecule has 4 heteroatoms. The van der Waals surface area contributed by atoms with Crippen LogP contribution in [0.25, 0.3) is 0 Å². The number of nitrogens with zero attached hydrogens (tertiary/aromatic N) is 1. The fraction of sp³-hybridized carbons (Fsp3) is 0.381. The molecule has 0 aromatic heterocycles. The lowest BCUT2D eigenvalue weighted by atomic mass is 10.0. The minimum Gasteiger partial charge on any atom is -0.379 e. The van der Waals surface area contributed by atoms with Crippen LogP contribution < -0.4 is 5.32 Å². The van der Waals surface area contributed by atoms with Gasteiger partial charge in [-0.05, 0) is 42.2 Å². The molecule has 0 atom stereocenters. The smallest absolute Gasteiger partial charge is 0.228 e. The average molecular weight is 338 g/mol. The lowest BCUT2D eigenvalue weighted by Gasteiger charge is -2.26. The Bertz CT molecular complexity index is 736. The van der Waals surface area contributed by atoms with E-state index in [1.54, 1.807) is 0 Å². The number of hydrogen-bond acceptors (Lipinski definition) is 3. The fourth-order valence-corrected chi connectivity index (χ4v) is 3.10. The number of carbonyl (C=O) groups is 1.